The first-order valence-electron chi connectivity index (χ1n) is 9.13. The molecule has 1 heterocycles. The molecule has 1 N–H and O–H groups in total. The van der Waals surface area contributed by atoms with Crippen LogP contribution in [-0.4, -0.2) is 45.4 Å². The van der Waals surface area contributed by atoms with E-state index in [4.69, 9.17) is 21.1 Å². The first kappa shape index (κ1) is 21.4. The fourth-order valence-corrected chi connectivity index (χ4v) is 4.44. The number of halogens is 1. The summed E-state index contributed by atoms with van der Waals surface area (Å²) in [7, 11) is -0.988. The molecule has 0 saturated carbocycles. The van der Waals surface area contributed by atoms with Gasteiger partial charge in [-0.2, -0.15) is 0 Å². The van der Waals surface area contributed by atoms with Crippen LogP contribution in [0.2, 0.25) is 5.02 Å². The molecule has 2 aromatic rings. The smallest absolute Gasteiger partial charge is 0.255 e. The first-order chi connectivity index (χ1) is 13.6. The van der Waals surface area contributed by atoms with Crippen molar-refractivity contribution in [2.45, 2.75) is 31.3 Å². The standard InChI is InChI=1S/C20H23ClN2O5S/c1-5-27-18-9-14-8-12(2)28-17(14)11-16(18)22-20(24)13-6-7-15(21)19(10-13)29(25,26)23(3)4/h6-7,9-12H,5,8H2,1-4H3,(H,22,24)/t12-/m0/s1. The van der Waals surface area contributed by atoms with Crippen LogP contribution >= 0.6 is 11.6 Å². The molecule has 9 heteroatoms. The quantitative estimate of drug-likeness (QED) is 0.745. The molecular formula is C20H23ClN2O5S. The number of fused-ring (bicyclic) bond motifs is 1. The Bertz CT molecular complexity index is 1050. The van der Waals surface area contributed by atoms with Crippen molar-refractivity contribution in [1.82, 2.24) is 4.31 Å². The zero-order valence-corrected chi connectivity index (χ0v) is 18.2. The molecule has 2 aromatic carbocycles. The first-order valence-corrected chi connectivity index (χ1v) is 10.9. The van der Waals surface area contributed by atoms with Crippen molar-refractivity contribution in [1.29, 1.82) is 0 Å². The van der Waals surface area contributed by atoms with Gasteiger partial charge in [0, 0.05) is 37.7 Å². The van der Waals surface area contributed by atoms with E-state index in [1.807, 2.05) is 19.9 Å². The number of hydrogen-bond acceptors (Lipinski definition) is 5. The van der Waals surface area contributed by atoms with E-state index >= 15 is 0 Å². The van der Waals surface area contributed by atoms with Gasteiger partial charge in [0.1, 0.15) is 22.5 Å². The number of nitrogens with zero attached hydrogens (tertiary/aromatic N) is 1. The Morgan fingerprint density at radius 1 is 1.31 bits per heavy atom. The minimum absolute atomic E-state index is 0.0465. The lowest BCUT2D eigenvalue weighted by Crippen LogP contribution is -2.23. The maximum absolute atomic E-state index is 12.8. The Hall–Kier alpha value is -2.29. The summed E-state index contributed by atoms with van der Waals surface area (Å²) in [5.41, 5.74) is 1.63. The molecule has 1 amide bonds. The number of carbonyl (C=O) groups is 1. The number of carbonyl (C=O) groups excluding carboxylic acids is 1. The van der Waals surface area contributed by atoms with E-state index < -0.39 is 15.9 Å². The normalized spacial score (nSPS) is 15.7. The van der Waals surface area contributed by atoms with Crippen molar-refractivity contribution in [3.63, 3.8) is 0 Å². The van der Waals surface area contributed by atoms with Gasteiger partial charge in [-0.1, -0.05) is 11.6 Å². The predicted octanol–water partition coefficient (Wildman–Crippen LogP) is 3.56. The largest absolute Gasteiger partial charge is 0.492 e. The highest BCUT2D eigenvalue weighted by atomic mass is 35.5. The molecule has 0 aromatic heterocycles. The van der Waals surface area contributed by atoms with Gasteiger partial charge in [-0.05, 0) is 38.1 Å². The van der Waals surface area contributed by atoms with Gasteiger partial charge in [0.05, 0.1) is 17.3 Å². The molecule has 1 aliphatic rings. The highest BCUT2D eigenvalue weighted by Gasteiger charge is 2.25. The van der Waals surface area contributed by atoms with Crippen LogP contribution in [0.3, 0.4) is 0 Å². The SMILES string of the molecule is CCOc1cc2c(cc1NC(=O)c1ccc(Cl)c(S(=O)(=O)N(C)C)c1)O[C@@H](C)C2. The van der Waals surface area contributed by atoms with Gasteiger partial charge in [-0.15, -0.1) is 0 Å². The van der Waals surface area contributed by atoms with E-state index in [1.165, 1.54) is 32.3 Å². The van der Waals surface area contributed by atoms with E-state index in [9.17, 15) is 13.2 Å². The Kier molecular flexibility index (Phi) is 6.07. The van der Waals surface area contributed by atoms with Crippen LogP contribution in [-0.2, 0) is 16.4 Å². The van der Waals surface area contributed by atoms with E-state index in [-0.39, 0.29) is 21.6 Å². The van der Waals surface area contributed by atoms with Gasteiger partial charge >= 0.3 is 0 Å². The van der Waals surface area contributed by atoms with Gasteiger partial charge in [0.2, 0.25) is 10.0 Å². The molecule has 29 heavy (non-hydrogen) atoms. The maximum Gasteiger partial charge on any atom is 0.255 e. The Labute approximate surface area is 175 Å². The monoisotopic (exact) mass is 438 g/mol. The number of anilines is 1. The van der Waals surface area contributed by atoms with Crippen molar-refractivity contribution >= 4 is 33.2 Å². The molecule has 1 aliphatic heterocycles. The molecule has 0 saturated heterocycles. The minimum Gasteiger partial charge on any atom is -0.492 e. The zero-order valence-electron chi connectivity index (χ0n) is 16.7. The fraction of sp³-hybridized carbons (Fsp3) is 0.350. The molecule has 1 atom stereocenters. The van der Waals surface area contributed by atoms with Gasteiger partial charge in [-0.25, -0.2) is 12.7 Å². The molecule has 0 unspecified atom stereocenters. The second-order valence-electron chi connectivity index (χ2n) is 6.91. The summed E-state index contributed by atoms with van der Waals surface area (Å²) in [6.45, 7) is 4.26. The van der Waals surface area contributed by atoms with Crippen molar-refractivity contribution in [2.24, 2.45) is 0 Å². The number of sulfonamides is 1. The van der Waals surface area contributed by atoms with E-state index in [0.717, 1.165) is 16.3 Å². The summed E-state index contributed by atoms with van der Waals surface area (Å²) in [6.07, 6.45) is 0.826. The zero-order chi connectivity index (χ0) is 21.3. The Morgan fingerprint density at radius 3 is 2.69 bits per heavy atom. The molecule has 0 radical (unpaired) electrons. The lowest BCUT2D eigenvalue weighted by atomic mass is 10.1. The molecule has 0 bridgehead atoms. The summed E-state index contributed by atoms with van der Waals surface area (Å²) in [4.78, 5) is 12.7. The third kappa shape index (κ3) is 4.34. The fourth-order valence-electron chi connectivity index (χ4n) is 3.05. The summed E-state index contributed by atoms with van der Waals surface area (Å²) >= 11 is 6.06. The van der Waals surface area contributed by atoms with Crippen LogP contribution in [0.15, 0.2) is 35.2 Å². The summed E-state index contributed by atoms with van der Waals surface area (Å²) in [5.74, 6) is 0.749. The van der Waals surface area contributed by atoms with Crippen LogP contribution < -0.4 is 14.8 Å². The lowest BCUT2D eigenvalue weighted by Gasteiger charge is -2.15. The second-order valence-corrected chi connectivity index (χ2v) is 9.44. The molecule has 0 aliphatic carbocycles. The van der Waals surface area contributed by atoms with Crippen LogP contribution in [0.4, 0.5) is 5.69 Å². The van der Waals surface area contributed by atoms with Gasteiger partial charge < -0.3 is 14.8 Å². The van der Waals surface area contributed by atoms with Gasteiger partial charge in [-0.3, -0.25) is 4.79 Å². The molecule has 0 spiro atoms. The number of benzene rings is 2. The molecule has 7 nitrogen and oxygen atoms in total. The van der Waals surface area contributed by atoms with Crippen molar-refractivity contribution in [2.75, 3.05) is 26.0 Å². The number of hydrogen-bond donors (Lipinski definition) is 1. The van der Waals surface area contributed by atoms with E-state index in [0.29, 0.717) is 23.8 Å². The average molecular weight is 439 g/mol. The van der Waals surface area contributed by atoms with Crippen molar-refractivity contribution < 1.29 is 22.7 Å². The molecule has 156 valence electrons. The summed E-state index contributed by atoms with van der Waals surface area (Å²) in [5, 5.41) is 2.83. The number of ether oxygens (including phenoxy) is 2. The number of nitrogens with one attached hydrogen (secondary N) is 1. The maximum atomic E-state index is 12.8. The van der Waals surface area contributed by atoms with Crippen molar-refractivity contribution in [3.8, 4) is 11.5 Å². The van der Waals surface area contributed by atoms with Gasteiger partial charge in [0.15, 0.2) is 0 Å². The Morgan fingerprint density at radius 2 is 2.03 bits per heavy atom. The second kappa shape index (κ2) is 8.22. The third-order valence-electron chi connectivity index (χ3n) is 4.50. The lowest BCUT2D eigenvalue weighted by molar-refractivity contribution is 0.102. The van der Waals surface area contributed by atoms with Crippen LogP contribution in [0.1, 0.15) is 29.8 Å². The summed E-state index contributed by atoms with van der Waals surface area (Å²) in [6, 6.07) is 7.72. The van der Waals surface area contributed by atoms with Crippen LogP contribution in [0, 0.1) is 0 Å². The van der Waals surface area contributed by atoms with Gasteiger partial charge in [0.25, 0.3) is 5.91 Å². The molecule has 0 fully saturated rings. The predicted molar refractivity (Wildman–Crippen MR) is 112 cm³/mol. The van der Waals surface area contributed by atoms with E-state index in [2.05, 4.69) is 5.32 Å². The topological polar surface area (TPSA) is 84.9 Å². The number of rotatable bonds is 6. The molecule has 3 rings (SSSR count). The highest BCUT2D eigenvalue weighted by molar-refractivity contribution is 7.89. The summed E-state index contributed by atoms with van der Waals surface area (Å²) < 4.78 is 37.4. The average Bonchev–Trinajstić information content (AvgIpc) is 3.01. The highest BCUT2D eigenvalue weighted by Crippen LogP contribution is 2.38. The van der Waals surface area contributed by atoms with E-state index in [1.54, 1.807) is 6.07 Å². The van der Waals surface area contributed by atoms with Crippen LogP contribution in [0.5, 0.6) is 11.5 Å². The van der Waals surface area contributed by atoms with Crippen LogP contribution in [0.25, 0.3) is 0 Å². The third-order valence-corrected chi connectivity index (χ3v) is 6.79. The molecular weight excluding hydrogens is 416 g/mol. The Balaban J connectivity index is 1.94. The van der Waals surface area contributed by atoms with Crippen molar-refractivity contribution in [3.05, 3.63) is 46.5 Å². The minimum atomic E-state index is -3.79. The number of amides is 1.